The van der Waals surface area contributed by atoms with Gasteiger partial charge < -0.3 is 14.5 Å². The maximum Gasteiger partial charge on any atom is 0.225 e. The fourth-order valence-electron chi connectivity index (χ4n) is 4.89. The highest BCUT2D eigenvalue weighted by atomic mass is 32.2. The molecule has 1 aromatic heterocycles. The topological polar surface area (TPSA) is 81.5 Å². The maximum atomic E-state index is 12.6. The molecule has 0 bridgehead atoms. The van der Waals surface area contributed by atoms with Crippen molar-refractivity contribution in [3.05, 3.63) is 46.6 Å². The first-order valence-corrected chi connectivity index (χ1v) is 13.5. The van der Waals surface area contributed by atoms with Gasteiger partial charge in [-0.05, 0) is 49.6 Å². The minimum atomic E-state index is 0.0493. The van der Waals surface area contributed by atoms with Gasteiger partial charge >= 0.3 is 0 Å². The second-order valence-corrected chi connectivity index (χ2v) is 10.1. The molecule has 1 saturated heterocycles. The fourth-order valence-corrected chi connectivity index (χ4v) is 5.20. The number of anilines is 1. The van der Waals surface area contributed by atoms with E-state index in [1.807, 2.05) is 11.2 Å². The molecular formula is C27H35N5O2S. The Balaban J connectivity index is 1.64. The first-order valence-electron chi connectivity index (χ1n) is 12.3. The summed E-state index contributed by atoms with van der Waals surface area (Å²) in [6, 6.07) is 11.1. The average Bonchev–Trinajstić information content (AvgIpc) is 3.71. The van der Waals surface area contributed by atoms with Gasteiger partial charge in [-0.2, -0.15) is 5.26 Å². The van der Waals surface area contributed by atoms with Crippen molar-refractivity contribution in [1.29, 1.82) is 5.26 Å². The molecule has 1 aliphatic heterocycles. The van der Waals surface area contributed by atoms with Crippen LogP contribution in [0.5, 0.6) is 0 Å². The van der Waals surface area contributed by atoms with Gasteiger partial charge in [-0.3, -0.25) is 9.52 Å². The molecule has 1 aromatic carbocycles. The van der Waals surface area contributed by atoms with Crippen LogP contribution in [0.15, 0.2) is 24.3 Å². The highest BCUT2D eigenvalue weighted by molar-refractivity contribution is 7.96. The molecule has 1 saturated carbocycles. The Morgan fingerprint density at radius 1 is 1.29 bits per heavy atom. The highest BCUT2D eigenvalue weighted by Gasteiger charge is 2.34. The predicted octanol–water partition coefficient (Wildman–Crippen LogP) is 4.25. The van der Waals surface area contributed by atoms with Crippen LogP contribution in [0.1, 0.15) is 54.5 Å². The third-order valence-corrected chi connectivity index (χ3v) is 7.40. The number of methoxy groups -OCH3 is 1. The number of rotatable bonds is 9. The molecule has 1 N–H and O–H groups in total. The number of nitrogens with one attached hydrogen (secondary N) is 1. The first-order chi connectivity index (χ1) is 17.0. The van der Waals surface area contributed by atoms with Crippen molar-refractivity contribution in [3.63, 3.8) is 0 Å². The van der Waals surface area contributed by atoms with E-state index < -0.39 is 0 Å². The normalized spacial score (nSPS) is 18.0. The van der Waals surface area contributed by atoms with E-state index in [2.05, 4.69) is 53.8 Å². The summed E-state index contributed by atoms with van der Waals surface area (Å²) in [6.07, 6.45) is 4.70. The quantitative estimate of drug-likeness (QED) is 0.523. The van der Waals surface area contributed by atoms with Crippen molar-refractivity contribution < 1.29 is 9.53 Å². The molecule has 35 heavy (non-hydrogen) atoms. The number of carbonyl (C=O) groups is 1. The number of ether oxygens (including phenoxy) is 1. The molecular weight excluding hydrogens is 458 g/mol. The van der Waals surface area contributed by atoms with Crippen molar-refractivity contribution in [3.8, 4) is 17.2 Å². The van der Waals surface area contributed by atoms with E-state index in [0.717, 1.165) is 47.6 Å². The van der Waals surface area contributed by atoms with Crippen LogP contribution in [0, 0.1) is 18.3 Å². The van der Waals surface area contributed by atoms with Crippen LogP contribution in [-0.2, 0) is 16.1 Å². The van der Waals surface area contributed by atoms with E-state index in [9.17, 15) is 10.1 Å². The molecule has 1 amide bonds. The molecule has 0 radical (unpaired) electrons. The average molecular weight is 494 g/mol. The number of amides is 1. The lowest BCUT2D eigenvalue weighted by Gasteiger charge is -2.41. The predicted molar refractivity (Wildman–Crippen MR) is 141 cm³/mol. The lowest BCUT2D eigenvalue weighted by atomic mass is 9.92. The summed E-state index contributed by atoms with van der Waals surface area (Å²) in [4.78, 5) is 21.9. The maximum absolute atomic E-state index is 12.6. The minimum absolute atomic E-state index is 0.0493. The van der Waals surface area contributed by atoms with Gasteiger partial charge in [0.1, 0.15) is 11.9 Å². The number of nitrogens with zero attached hydrogens (tertiary/aromatic N) is 4. The van der Waals surface area contributed by atoms with E-state index in [4.69, 9.17) is 9.72 Å². The smallest absolute Gasteiger partial charge is 0.225 e. The lowest BCUT2D eigenvalue weighted by Crippen LogP contribution is -2.54. The van der Waals surface area contributed by atoms with E-state index >= 15 is 0 Å². The second-order valence-electron chi connectivity index (χ2n) is 9.43. The molecule has 0 spiro atoms. The van der Waals surface area contributed by atoms with Gasteiger partial charge in [-0.25, -0.2) is 4.98 Å². The number of piperazine rings is 1. The van der Waals surface area contributed by atoms with Gasteiger partial charge in [0, 0.05) is 50.8 Å². The summed E-state index contributed by atoms with van der Waals surface area (Å²) in [5.41, 5.74) is 6.21. The van der Waals surface area contributed by atoms with Crippen LogP contribution in [0.3, 0.4) is 0 Å². The van der Waals surface area contributed by atoms with Crippen LogP contribution in [-0.4, -0.2) is 61.4 Å². The van der Waals surface area contributed by atoms with Crippen LogP contribution < -0.4 is 9.62 Å². The van der Waals surface area contributed by atoms with Gasteiger partial charge in [-0.1, -0.05) is 36.2 Å². The monoisotopic (exact) mass is 493 g/mol. The standard InChI is InChI=1S/C27H35N5O2S/c1-18-17-31(12-13-32(18)24(33)11-14-34-3)27-23(15-28)19(2)25(26(30-27)22-9-10-22)21-7-5-20(6-8-21)16-29-35-4/h5-8,18,22,29H,9-14,16-17H2,1-4H3. The molecule has 8 heteroatoms. The van der Waals surface area contributed by atoms with Crippen molar-refractivity contribution >= 4 is 23.7 Å². The number of nitriles is 1. The molecule has 2 aliphatic rings. The van der Waals surface area contributed by atoms with Crippen LogP contribution in [0.2, 0.25) is 0 Å². The molecule has 186 valence electrons. The van der Waals surface area contributed by atoms with E-state index in [0.29, 0.717) is 44.1 Å². The first kappa shape index (κ1) is 25.5. The molecule has 1 atom stereocenters. The summed E-state index contributed by atoms with van der Waals surface area (Å²) in [7, 11) is 1.62. The number of benzene rings is 1. The third kappa shape index (κ3) is 5.64. The molecule has 4 rings (SSSR count). The Kier molecular flexibility index (Phi) is 8.32. The minimum Gasteiger partial charge on any atom is -0.384 e. The van der Waals surface area contributed by atoms with E-state index in [-0.39, 0.29) is 11.9 Å². The molecule has 1 unspecified atom stereocenters. The Labute approximate surface area is 213 Å². The van der Waals surface area contributed by atoms with Crippen molar-refractivity contribution in [2.45, 2.75) is 51.6 Å². The Hall–Kier alpha value is -2.60. The van der Waals surface area contributed by atoms with Gasteiger partial charge in [0.05, 0.1) is 24.3 Å². The number of carbonyl (C=O) groups excluding carboxylic acids is 1. The molecule has 7 nitrogen and oxygen atoms in total. The number of aromatic nitrogens is 1. The zero-order chi connectivity index (χ0) is 24.9. The van der Waals surface area contributed by atoms with Crippen LogP contribution in [0.4, 0.5) is 5.82 Å². The van der Waals surface area contributed by atoms with Gasteiger partial charge in [0.2, 0.25) is 5.91 Å². The number of hydrogen-bond donors (Lipinski definition) is 1. The fraction of sp³-hybridized carbons (Fsp3) is 0.519. The summed E-state index contributed by atoms with van der Waals surface area (Å²) in [5.74, 6) is 1.34. The van der Waals surface area contributed by atoms with Crippen molar-refractivity contribution in [2.24, 2.45) is 0 Å². The van der Waals surface area contributed by atoms with Crippen LogP contribution in [0.25, 0.3) is 11.1 Å². The molecule has 2 aromatic rings. The van der Waals surface area contributed by atoms with Crippen molar-refractivity contribution in [1.82, 2.24) is 14.6 Å². The zero-order valence-electron chi connectivity index (χ0n) is 21.1. The second kappa shape index (κ2) is 11.4. The van der Waals surface area contributed by atoms with Gasteiger partial charge in [-0.15, -0.1) is 0 Å². The van der Waals surface area contributed by atoms with Gasteiger partial charge in [0.15, 0.2) is 0 Å². The Morgan fingerprint density at radius 2 is 2.03 bits per heavy atom. The Morgan fingerprint density at radius 3 is 2.63 bits per heavy atom. The summed E-state index contributed by atoms with van der Waals surface area (Å²) < 4.78 is 8.36. The number of pyridine rings is 1. The van der Waals surface area contributed by atoms with Crippen molar-refractivity contribution in [2.75, 3.05) is 44.5 Å². The number of hydrogen-bond acceptors (Lipinski definition) is 7. The third-order valence-electron chi connectivity index (χ3n) is 6.96. The molecule has 2 heterocycles. The Bertz CT molecular complexity index is 1090. The summed E-state index contributed by atoms with van der Waals surface area (Å²) in [5, 5.41) is 10.2. The van der Waals surface area contributed by atoms with E-state index in [1.54, 1.807) is 19.1 Å². The highest BCUT2D eigenvalue weighted by Crippen LogP contribution is 2.46. The largest absolute Gasteiger partial charge is 0.384 e. The van der Waals surface area contributed by atoms with Gasteiger partial charge in [0.25, 0.3) is 0 Å². The van der Waals surface area contributed by atoms with E-state index in [1.165, 1.54) is 5.56 Å². The zero-order valence-corrected chi connectivity index (χ0v) is 22.0. The summed E-state index contributed by atoms with van der Waals surface area (Å²) in [6.45, 7) is 7.34. The molecule has 2 fully saturated rings. The SMILES string of the molecule is COCCC(=O)N1CCN(c2nc(C3CC3)c(-c3ccc(CNSC)cc3)c(C)c2C#N)CC1C. The molecule has 1 aliphatic carbocycles. The summed E-state index contributed by atoms with van der Waals surface area (Å²) >= 11 is 1.61. The lowest BCUT2D eigenvalue weighted by molar-refractivity contribution is -0.134. The van der Waals surface area contributed by atoms with Crippen LogP contribution >= 0.6 is 11.9 Å².